The van der Waals surface area contributed by atoms with E-state index in [1.54, 1.807) is 14.2 Å². The van der Waals surface area contributed by atoms with Gasteiger partial charge < -0.3 is 19.9 Å². The molecule has 0 saturated carbocycles. The van der Waals surface area contributed by atoms with Gasteiger partial charge in [-0.15, -0.1) is 12.4 Å². The van der Waals surface area contributed by atoms with E-state index in [4.69, 9.17) is 9.47 Å². The maximum atomic E-state index is 9.40. The van der Waals surface area contributed by atoms with E-state index in [0.717, 1.165) is 43.2 Å². The van der Waals surface area contributed by atoms with Crippen molar-refractivity contribution in [3.63, 3.8) is 0 Å². The number of hydrogen-bond donors (Lipinski definition) is 2. The number of benzene rings is 1. The number of ether oxygens (including phenoxy) is 2. The number of rotatable bonds is 6. The Bertz CT molecular complexity index is 425. The summed E-state index contributed by atoms with van der Waals surface area (Å²) in [6.45, 7) is 4.08. The van der Waals surface area contributed by atoms with Crippen molar-refractivity contribution in [2.45, 2.75) is 12.5 Å². The summed E-state index contributed by atoms with van der Waals surface area (Å²) in [6.07, 6.45) is 0.698. The number of methoxy groups -OCH3 is 2. The molecule has 1 heterocycles. The molecule has 0 bridgehead atoms. The molecule has 0 unspecified atom stereocenters. The minimum Gasteiger partial charge on any atom is -0.493 e. The molecule has 6 heteroatoms. The molecule has 1 aromatic carbocycles. The van der Waals surface area contributed by atoms with E-state index in [1.807, 2.05) is 12.1 Å². The van der Waals surface area contributed by atoms with Gasteiger partial charge in [0.1, 0.15) is 0 Å². The summed E-state index contributed by atoms with van der Waals surface area (Å²) >= 11 is 0. The van der Waals surface area contributed by atoms with Crippen molar-refractivity contribution in [1.82, 2.24) is 10.2 Å². The number of para-hydroxylation sites is 1. The van der Waals surface area contributed by atoms with Gasteiger partial charge in [-0.05, 0) is 12.5 Å². The zero-order valence-corrected chi connectivity index (χ0v) is 13.5. The molecule has 21 heavy (non-hydrogen) atoms. The van der Waals surface area contributed by atoms with Crippen molar-refractivity contribution >= 4 is 12.4 Å². The summed E-state index contributed by atoms with van der Waals surface area (Å²) in [4.78, 5) is 2.39. The van der Waals surface area contributed by atoms with Crippen LogP contribution in [-0.4, -0.2) is 57.0 Å². The largest absolute Gasteiger partial charge is 0.493 e. The topological polar surface area (TPSA) is 54.0 Å². The van der Waals surface area contributed by atoms with Gasteiger partial charge in [0.05, 0.1) is 14.2 Å². The lowest BCUT2D eigenvalue weighted by Crippen LogP contribution is -2.45. The van der Waals surface area contributed by atoms with Crippen LogP contribution < -0.4 is 14.8 Å². The zero-order chi connectivity index (χ0) is 14.4. The van der Waals surface area contributed by atoms with Crippen molar-refractivity contribution < 1.29 is 14.6 Å². The van der Waals surface area contributed by atoms with Crippen LogP contribution >= 0.6 is 12.4 Å². The summed E-state index contributed by atoms with van der Waals surface area (Å²) in [5.41, 5.74) is 1.09. The van der Waals surface area contributed by atoms with Crippen molar-refractivity contribution in [3.05, 3.63) is 23.8 Å². The van der Waals surface area contributed by atoms with Crippen LogP contribution in [0, 0.1) is 0 Å². The smallest absolute Gasteiger partial charge is 0.165 e. The highest BCUT2D eigenvalue weighted by Gasteiger charge is 2.25. The lowest BCUT2D eigenvalue weighted by Gasteiger charge is -2.35. The van der Waals surface area contributed by atoms with Crippen molar-refractivity contribution in [3.8, 4) is 11.5 Å². The number of aliphatic hydroxyl groups excluding tert-OH is 1. The highest BCUT2D eigenvalue weighted by molar-refractivity contribution is 5.85. The molecule has 2 rings (SSSR count). The number of piperazine rings is 1. The Morgan fingerprint density at radius 3 is 2.52 bits per heavy atom. The van der Waals surface area contributed by atoms with Crippen molar-refractivity contribution in [2.24, 2.45) is 0 Å². The fraction of sp³-hybridized carbons (Fsp3) is 0.600. The van der Waals surface area contributed by atoms with E-state index < -0.39 is 0 Å². The van der Waals surface area contributed by atoms with E-state index in [9.17, 15) is 5.11 Å². The summed E-state index contributed by atoms with van der Waals surface area (Å²) in [7, 11) is 3.31. The van der Waals surface area contributed by atoms with Crippen LogP contribution in [0.25, 0.3) is 0 Å². The van der Waals surface area contributed by atoms with Gasteiger partial charge in [0, 0.05) is 44.4 Å². The molecule has 2 N–H and O–H groups in total. The molecule has 1 aliphatic rings. The van der Waals surface area contributed by atoms with Crippen LogP contribution in [0.4, 0.5) is 0 Å². The molecule has 1 saturated heterocycles. The third-order valence-corrected chi connectivity index (χ3v) is 3.79. The van der Waals surface area contributed by atoms with Crippen molar-refractivity contribution in [1.29, 1.82) is 0 Å². The molecule has 1 atom stereocenters. The highest BCUT2D eigenvalue weighted by Crippen LogP contribution is 2.38. The maximum absolute atomic E-state index is 9.40. The molecule has 120 valence electrons. The summed E-state index contributed by atoms with van der Waals surface area (Å²) in [5.74, 6) is 1.51. The third-order valence-electron chi connectivity index (χ3n) is 3.79. The quantitative estimate of drug-likeness (QED) is 0.832. The van der Waals surface area contributed by atoms with Gasteiger partial charge in [-0.1, -0.05) is 12.1 Å². The van der Waals surface area contributed by atoms with Gasteiger partial charge in [-0.3, -0.25) is 4.90 Å². The molecule has 5 nitrogen and oxygen atoms in total. The first-order chi connectivity index (χ1) is 9.81. The van der Waals surface area contributed by atoms with E-state index >= 15 is 0 Å². The minimum absolute atomic E-state index is 0. The molecule has 0 spiro atoms. The Hall–Kier alpha value is -1.01. The highest BCUT2D eigenvalue weighted by atomic mass is 35.5. The molecular weight excluding hydrogens is 292 g/mol. The van der Waals surface area contributed by atoms with Gasteiger partial charge in [-0.25, -0.2) is 0 Å². The van der Waals surface area contributed by atoms with E-state index in [2.05, 4.69) is 16.3 Å². The Morgan fingerprint density at radius 2 is 1.95 bits per heavy atom. The Balaban J connectivity index is 0.00000220. The first kappa shape index (κ1) is 18.0. The maximum Gasteiger partial charge on any atom is 0.165 e. The molecular formula is C15H25ClN2O3. The molecule has 0 amide bonds. The minimum atomic E-state index is 0. The lowest BCUT2D eigenvalue weighted by atomic mass is 10.00. The normalized spacial score (nSPS) is 16.9. The number of nitrogens with one attached hydrogen (secondary N) is 1. The molecule has 1 aliphatic heterocycles. The van der Waals surface area contributed by atoms with Gasteiger partial charge >= 0.3 is 0 Å². The average Bonchev–Trinajstić information content (AvgIpc) is 2.52. The summed E-state index contributed by atoms with van der Waals surface area (Å²) in [5, 5.41) is 12.8. The van der Waals surface area contributed by atoms with Crippen LogP contribution in [0.5, 0.6) is 11.5 Å². The number of hydrogen-bond acceptors (Lipinski definition) is 5. The van der Waals surface area contributed by atoms with Gasteiger partial charge in [0.15, 0.2) is 11.5 Å². The van der Waals surface area contributed by atoms with Crippen LogP contribution in [0.2, 0.25) is 0 Å². The Labute approximate surface area is 132 Å². The van der Waals surface area contributed by atoms with Crippen LogP contribution in [-0.2, 0) is 0 Å². The predicted molar refractivity (Wildman–Crippen MR) is 85.7 cm³/mol. The average molecular weight is 317 g/mol. The van der Waals surface area contributed by atoms with Gasteiger partial charge in [0.2, 0.25) is 0 Å². The molecule has 0 aromatic heterocycles. The lowest BCUT2D eigenvalue weighted by molar-refractivity contribution is 0.138. The Morgan fingerprint density at radius 1 is 1.24 bits per heavy atom. The fourth-order valence-corrected chi connectivity index (χ4v) is 2.83. The second-order valence-electron chi connectivity index (χ2n) is 4.90. The molecule has 0 aliphatic carbocycles. The van der Waals surface area contributed by atoms with Crippen molar-refractivity contribution in [2.75, 3.05) is 47.0 Å². The molecule has 0 radical (unpaired) electrons. The number of aliphatic hydroxyl groups is 1. The zero-order valence-electron chi connectivity index (χ0n) is 12.7. The predicted octanol–water partition coefficient (Wildman–Crippen LogP) is 1.45. The van der Waals surface area contributed by atoms with Crippen LogP contribution in [0.15, 0.2) is 18.2 Å². The summed E-state index contributed by atoms with van der Waals surface area (Å²) < 4.78 is 10.9. The monoisotopic (exact) mass is 316 g/mol. The van der Waals surface area contributed by atoms with E-state index in [-0.39, 0.29) is 25.1 Å². The number of halogens is 1. The third kappa shape index (κ3) is 4.23. The van der Waals surface area contributed by atoms with Gasteiger partial charge in [0.25, 0.3) is 0 Å². The van der Waals surface area contributed by atoms with Crippen LogP contribution in [0.3, 0.4) is 0 Å². The Kier molecular flexibility index (Phi) is 7.82. The van der Waals surface area contributed by atoms with E-state index in [1.165, 1.54) is 0 Å². The first-order valence-electron chi connectivity index (χ1n) is 7.08. The van der Waals surface area contributed by atoms with Crippen LogP contribution in [0.1, 0.15) is 18.0 Å². The second kappa shape index (κ2) is 9.10. The summed E-state index contributed by atoms with van der Waals surface area (Å²) in [6, 6.07) is 6.09. The van der Waals surface area contributed by atoms with Gasteiger partial charge in [-0.2, -0.15) is 0 Å². The first-order valence-corrected chi connectivity index (χ1v) is 7.08. The fourth-order valence-electron chi connectivity index (χ4n) is 2.83. The number of nitrogens with zero attached hydrogens (tertiary/aromatic N) is 1. The standard InChI is InChI=1S/C15H24N2O3.ClH/c1-19-14-5-3-4-12(15(14)20-2)13(6-11-18)17-9-7-16-8-10-17;/h3-5,13,16,18H,6-11H2,1-2H3;1H/t13-;/m0./s1. The molecule has 1 aromatic rings. The second-order valence-corrected chi connectivity index (χ2v) is 4.90. The SMILES string of the molecule is COc1cccc([C@H](CCO)N2CCNCC2)c1OC.Cl. The molecule has 1 fully saturated rings. The van der Waals surface area contributed by atoms with E-state index in [0.29, 0.717) is 6.42 Å².